The van der Waals surface area contributed by atoms with E-state index in [0.717, 1.165) is 11.6 Å². The van der Waals surface area contributed by atoms with E-state index in [1.165, 1.54) is 19.3 Å². The molecule has 86 valence electrons. The molecule has 1 aliphatic carbocycles. The fraction of sp³-hybridized carbons (Fsp3) is 0.500. The summed E-state index contributed by atoms with van der Waals surface area (Å²) < 4.78 is 0. The number of hydrogen-bond acceptors (Lipinski definition) is 2. The van der Waals surface area contributed by atoms with Gasteiger partial charge in [-0.3, -0.25) is 4.98 Å². The van der Waals surface area contributed by atoms with Gasteiger partial charge in [-0.2, -0.15) is 0 Å². The third-order valence-corrected chi connectivity index (χ3v) is 3.17. The van der Waals surface area contributed by atoms with Crippen molar-refractivity contribution in [3.63, 3.8) is 0 Å². The van der Waals surface area contributed by atoms with Crippen molar-refractivity contribution in [3.05, 3.63) is 24.5 Å². The summed E-state index contributed by atoms with van der Waals surface area (Å²) in [7, 11) is 0. The summed E-state index contributed by atoms with van der Waals surface area (Å²) in [5, 5.41) is 7.19. The lowest BCUT2D eigenvalue weighted by molar-refractivity contribution is 0.572. The molecular formula is C12H17N3S. The van der Waals surface area contributed by atoms with E-state index in [4.69, 9.17) is 12.2 Å². The molecule has 0 radical (unpaired) electrons. The minimum atomic E-state index is 0.534. The minimum absolute atomic E-state index is 0.534. The molecule has 0 amide bonds. The van der Waals surface area contributed by atoms with Gasteiger partial charge in [0.1, 0.15) is 0 Å². The second kappa shape index (κ2) is 5.25. The molecular weight excluding hydrogens is 218 g/mol. The second-order valence-electron chi connectivity index (χ2n) is 4.46. The predicted octanol–water partition coefficient (Wildman–Crippen LogP) is 2.56. The van der Waals surface area contributed by atoms with Crippen LogP contribution in [0.15, 0.2) is 24.5 Å². The Morgan fingerprint density at radius 3 is 3.00 bits per heavy atom. The van der Waals surface area contributed by atoms with Crippen molar-refractivity contribution in [2.24, 2.45) is 5.92 Å². The molecule has 0 saturated heterocycles. The molecule has 0 bridgehead atoms. The molecule has 1 aromatic rings. The zero-order valence-electron chi connectivity index (χ0n) is 9.44. The first kappa shape index (κ1) is 11.3. The van der Waals surface area contributed by atoms with Gasteiger partial charge in [-0.15, -0.1) is 0 Å². The van der Waals surface area contributed by atoms with Gasteiger partial charge < -0.3 is 10.6 Å². The van der Waals surface area contributed by atoms with E-state index < -0.39 is 0 Å². The maximum Gasteiger partial charge on any atom is 0.171 e. The Labute approximate surface area is 102 Å². The Hall–Kier alpha value is -1.16. The molecule has 1 aromatic heterocycles. The summed E-state index contributed by atoms with van der Waals surface area (Å²) in [4.78, 5) is 4.03. The third kappa shape index (κ3) is 3.17. The number of rotatable bonds is 2. The highest BCUT2D eigenvalue weighted by molar-refractivity contribution is 7.80. The van der Waals surface area contributed by atoms with Gasteiger partial charge in [0.05, 0.1) is 11.9 Å². The van der Waals surface area contributed by atoms with E-state index in [9.17, 15) is 0 Å². The van der Waals surface area contributed by atoms with E-state index in [1.807, 2.05) is 12.1 Å². The molecule has 0 aromatic carbocycles. The highest BCUT2D eigenvalue weighted by Crippen LogP contribution is 2.24. The first-order valence-electron chi connectivity index (χ1n) is 5.71. The molecule has 2 N–H and O–H groups in total. The van der Waals surface area contributed by atoms with Gasteiger partial charge in [0.2, 0.25) is 0 Å². The quantitative estimate of drug-likeness (QED) is 0.773. The number of nitrogens with one attached hydrogen (secondary N) is 2. The molecule has 1 fully saturated rings. The highest BCUT2D eigenvalue weighted by Gasteiger charge is 2.21. The summed E-state index contributed by atoms with van der Waals surface area (Å²) in [5.41, 5.74) is 0.936. The number of hydrogen-bond donors (Lipinski definition) is 2. The lowest BCUT2D eigenvalue weighted by Gasteiger charge is -2.15. The Morgan fingerprint density at radius 1 is 1.50 bits per heavy atom. The first-order chi connectivity index (χ1) is 7.74. The van der Waals surface area contributed by atoms with E-state index in [-0.39, 0.29) is 0 Å². The Balaban J connectivity index is 1.81. The van der Waals surface area contributed by atoms with Crippen molar-refractivity contribution in [2.45, 2.75) is 32.2 Å². The Morgan fingerprint density at radius 2 is 2.38 bits per heavy atom. The van der Waals surface area contributed by atoms with Crippen LogP contribution in [0.4, 0.5) is 5.69 Å². The lowest BCUT2D eigenvalue weighted by Crippen LogP contribution is -2.36. The highest BCUT2D eigenvalue weighted by atomic mass is 32.1. The molecule has 16 heavy (non-hydrogen) atoms. The van der Waals surface area contributed by atoms with Crippen molar-refractivity contribution in [1.29, 1.82) is 0 Å². The number of thiocarbonyl (C=S) groups is 1. The Bertz CT molecular complexity index is 353. The van der Waals surface area contributed by atoms with Crippen LogP contribution in [-0.2, 0) is 0 Å². The second-order valence-corrected chi connectivity index (χ2v) is 4.86. The number of nitrogens with zero attached hydrogens (tertiary/aromatic N) is 1. The van der Waals surface area contributed by atoms with Crippen molar-refractivity contribution in [1.82, 2.24) is 10.3 Å². The summed E-state index contributed by atoms with van der Waals surface area (Å²) in [6, 6.07) is 4.38. The largest absolute Gasteiger partial charge is 0.360 e. The van der Waals surface area contributed by atoms with Crippen molar-refractivity contribution >= 4 is 23.0 Å². The maximum atomic E-state index is 5.26. The van der Waals surface area contributed by atoms with Gasteiger partial charge in [0, 0.05) is 12.2 Å². The average molecular weight is 235 g/mol. The van der Waals surface area contributed by atoms with Crippen LogP contribution in [0.25, 0.3) is 0 Å². The molecule has 1 aliphatic rings. The normalized spacial score (nSPS) is 24.1. The third-order valence-electron chi connectivity index (χ3n) is 2.95. The van der Waals surface area contributed by atoms with Gasteiger partial charge in [-0.25, -0.2) is 0 Å². The van der Waals surface area contributed by atoms with Gasteiger partial charge in [0.25, 0.3) is 0 Å². The molecule has 4 heteroatoms. The van der Waals surface area contributed by atoms with Crippen LogP contribution in [0, 0.1) is 5.92 Å². The van der Waals surface area contributed by atoms with Gasteiger partial charge in [-0.1, -0.05) is 6.92 Å². The van der Waals surface area contributed by atoms with Crippen LogP contribution in [0.1, 0.15) is 26.2 Å². The smallest absolute Gasteiger partial charge is 0.171 e. The summed E-state index contributed by atoms with van der Waals surface area (Å²) >= 11 is 5.26. The fourth-order valence-electron chi connectivity index (χ4n) is 2.13. The molecule has 2 rings (SSSR count). The zero-order valence-corrected chi connectivity index (χ0v) is 10.3. The topological polar surface area (TPSA) is 37.0 Å². The van der Waals surface area contributed by atoms with E-state index in [1.54, 1.807) is 12.4 Å². The maximum absolute atomic E-state index is 5.26. The first-order valence-corrected chi connectivity index (χ1v) is 6.12. The van der Waals surface area contributed by atoms with Crippen LogP contribution in [-0.4, -0.2) is 16.1 Å². The summed E-state index contributed by atoms with van der Waals surface area (Å²) in [6.07, 6.45) is 7.25. The molecule has 1 heterocycles. The lowest BCUT2D eigenvalue weighted by atomic mass is 10.1. The van der Waals surface area contributed by atoms with E-state index in [2.05, 4.69) is 22.5 Å². The molecule has 0 spiro atoms. The van der Waals surface area contributed by atoms with Crippen LogP contribution >= 0.6 is 12.2 Å². The number of aromatic nitrogens is 1. The van der Waals surface area contributed by atoms with Gasteiger partial charge in [0.15, 0.2) is 5.11 Å². The molecule has 2 unspecified atom stereocenters. The van der Waals surface area contributed by atoms with Crippen molar-refractivity contribution in [3.8, 4) is 0 Å². The van der Waals surface area contributed by atoms with Gasteiger partial charge in [-0.05, 0) is 49.5 Å². The van der Waals surface area contributed by atoms with Crippen molar-refractivity contribution in [2.75, 3.05) is 5.32 Å². The van der Waals surface area contributed by atoms with Crippen molar-refractivity contribution < 1.29 is 0 Å². The average Bonchev–Trinajstić information content (AvgIpc) is 2.65. The SMILES string of the molecule is CC1CCC(NC(=S)Nc2cccnc2)C1. The standard InChI is InChI=1S/C12H17N3S/c1-9-4-5-10(7-9)14-12(16)15-11-3-2-6-13-8-11/h2-3,6,8-10H,4-5,7H2,1H3,(H2,14,15,16). The Kier molecular flexibility index (Phi) is 3.72. The fourth-order valence-corrected chi connectivity index (χ4v) is 2.41. The number of pyridine rings is 1. The summed E-state index contributed by atoms with van der Waals surface area (Å²) in [5.74, 6) is 0.818. The zero-order chi connectivity index (χ0) is 11.4. The number of anilines is 1. The predicted molar refractivity (Wildman–Crippen MR) is 70.4 cm³/mol. The van der Waals surface area contributed by atoms with Crippen LogP contribution < -0.4 is 10.6 Å². The van der Waals surface area contributed by atoms with Gasteiger partial charge >= 0.3 is 0 Å². The van der Waals surface area contributed by atoms with E-state index >= 15 is 0 Å². The molecule has 3 nitrogen and oxygen atoms in total. The van der Waals surface area contributed by atoms with Crippen LogP contribution in [0.3, 0.4) is 0 Å². The monoisotopic (exact) mass is 235 g/mol. The summed E-state index contributed by atoms with van der Waals surface area (Å²) in [6.45, 7) is 2.29. The minimum Gasteiger partial charge on any atom is -0.360 e. The van der Waals surface area contributed by atoms with Crippen LogP contribution in [0.2, 0.25) is 0 Å². The molecule has 0 aliphatic heterocycles. The van der Waals surface area contributed by atoms with E-state index in [0.29, 0.717) is 11.2 Å². The molecule has 2 atom stereocenters. The molecule has 1 saturated carbocycles. The van der Waals surface area contributed by atoms with Crippen LogP contribution in [0.5, 0.6) is 0 Å².